The van der Waals surface area contributed by atoms with E-state index in [0.29, 0.717) is 0 Å². The summed E-state index contributed by atoms with van der Waals surface area (Å²) in [6.45, 7) is 5.63. The lowest BCUT2D eigenvalue weighted by Crippen LogP contribution is -2.39. The zero-order valence-electron chi connectivity index (χ0n) is 9.62. The predicted octanol–water partition coefficient (Wildman–Crippen LogP) is 1.88. The van der Waals surface area contributed by atoms with Gasteiger partial charge in [0.2, 0.25) is 0 Å². The third kappa shape index (κ3) is 2.67. The van der Waals surface area contributed by atoms with Gasteiger partial charge in [-0.05, 0) is 33.6 Å². The van der Waals surface area contributed by atoms with E-state index in [0.717, 1.165) is 12.8 Å². The highest BCUT2D eigenvalue weighted by Gasteiger charge is 2.50. The Balaban J connectivity index is 2.43. The van der Waals surface area contributed by atoms with Crippen LogP contribution in [0.2, 0.25) is 0 Å². The van der Waals surface area contributed by atoms with Gasteiger partial charge in [0, 0.05) is 7.11 Å². The molecule has 0 aliphatic heterocycles. The van der Waals surface area contributed by atoms with Crippen LogP contribution in [0.3, 0.4) is 0 Å². The standard InChI is InChI=1S/C10H20O4/c1-8(10(11-4)6-7-10)13-9(2,3)14-12-5/h8H,6-7H2,1-5H3. The first kappa shape index (κ1) is 11.9. The summed E-state index contributed by atoms with van der Waals surface area (Å²) in [6.07, 6.45) is 2.11. The molecule has 1 aliphatic rings. The van der Waals surface area contributed by atoms with Crippen molar-refractivity contribution in [3.05, 3.63) is 0 Å². The topological polar surface area (TPSA) is 36.9 Å². The minimum Gasteiger partial charge on any atom is -0.376 e. The molecule has 0 aromatic heterocycles. The minimum absolute atomic E-state index is 0.0117. The molecular weight excluding hydrogens is 184 g/mol. The van der Waals surface area contributed by atoms with Gasteiger partial charge in [-0.1, -0.05) is 0 Å². The Morgan fingerprint density at radius 2 is 1.79 bits per heavy atom. The molecular formula is C10H20O4. The maximum absolute atomic E-state index is 5.72. The molecule has 0 amide bonds. The molecule has 1 aliphatic carbocycles. The van der Waals surface area contributed by atoms with Crippen molar-refractivity contribution < 1.29 is 19.2 Å². The van der Waals surface area contributed by atoms with E-state index in [-0.39, 0.29) is 11.7 Å². The van der Waals surface area contributed by atoms with Crippen LogP contribution < -0.4 is 0 Å². The number of methoxy groups -OCH3 is 1. The monoisotopic (exact) mass is 204 g/mol. The summed E-state index contributed by atoms with van der Waals surface area (Å²) < 4.78 is 11.1. The summed E-state index contributed by atoms with van der Waals surface area (Å²) in [5.41, 5.74) is -0.103. The van der Waals surface area contributed by atoms with Crippen molar-refractivity contribution >= 4 is 0 Å². The highest BCUT2D eigenvalue weighted by Crippen LogP contribution is 2.44. The Hall–Kier alpha value is -0.160. The molecule has 4 nitrogen and oxygen atoms in total. The maximum Gasteiger partial charge on any atom is 0.196 e. The van der Waals surface area contributed by atoms with Gasteiger partial charge in [0.15, 0.2) is 5.79 Å². The van der Waals surface area contributed by atoms with E-state index in [9.17, 15) is 0 Å². The van der Waals surface area contributed by atoms with Crippen molar-refractivity contribution in [2.45, 2.75) is 51.1 Å². The van der Waals surface area contributed by atoms with Crippen LogP contribution in [-0.4, -0.2) is 31.7 Å². The van der Waals surface area contributed by atoms with Gasteiger partial charge in [0.05, 0.1) is 18.8 Å². The van der Waals surface area contributed by atoms with Gasteiger partial charge in [-0.25, -0.2) is 9.78 Å². The molecule has 14 heavy (non-hydrogen) atoms. The van der Waals surface area contributed by atoms with E-state index >= 15 is 0 Å². The van der Waals surface area contributed by atoms with Gasteiger partial charge in [-0.3, -0.25) is 0 Å². The quantitative estimate of drug-likeness (QED) is 0.376. The largest absolute Gasteiger partial charge is 0.376 e. The highest BCUT2D eigenvalue weighted by atomic mass is 17.2. The Bertz CT molecular complexity index is 187. The maximum atomic E-state index is 5.72. The average molecular weight is 204 g/mol. The second-order valence-electron chi connectivity index (χ2n) is 4.18. The number of hydrogen-bond acceptors (Lipinski definition) is 4. The van der Waals surface area contributed by atoms with Crippen molar-refractivity contribution in [3.8, 4) is 0 Å². The summed E-state index contributed by atoms with van der Waals surface area (Å²) in [5, 5.41) is 0. The fraction of sp³-hybridized carbons (Fsp3) is 1.00. The number of rotatable bonds is 6. The molecule has 4 heteroatoms. The van der Waals surface area contributed by atoms with Gasteiger partial charge in [-0.15, -0.1) is 0 Å². The number of ether oxygens (including phenoxy) is 2. The fourth-order valence-electron chi connectivity index (χ4n) is 1.65. The molecule has 1 unspecified atom stereocenters. The summed E-state index contributed by atoms with van der Waals surface area (Å²) in [4.78, 5) is 9.60. The summed E-state index contributed by atoms with van der Waals surface area (Å²) in [5.74, 6) is -0.734. The lowest BCUT2D eigenvalue weighted by atomic mass is 10.2. The predicted molar refractivity (Wildman–Crippen MR) is 51.7 cm³/mol. The van der Waals surface area contributed by atoms with E-state index < -0.39 is 5.79 Å². The molecule has 1 saturated carbocycles. The van der Waals surface area contributed by atoms with Gasteiger partial charge in [-0.2, -0.15) is 0 Å². The summed E-state index contributed by atoms with van der Waals surface area (Å²) in [7, 11) is 3.19. The zero-order chi connectivity index (χ0) is 10.8. The SMILES string of the molecule is COOC(C)(C)OC(C)C1(OC)CC1. The first-order valence-electron chi connectivity index (χ1n) is 4.90. The number of hydrogen-bond donors (Lipinski definition) is 0. The van der Waals surface area contributed by atoms with Gasteiger partial charge in [0.1, 0.15) is 0 Å². The van der Waals surface area contributed by atoms with E-state index in [4.69, 9.17) is 14.4 Å². The first-order valence-corrected chi connectivity index (χ1v) is 4.90. The van der Waals surface area contributed by atoms with E-state index in [1.165, 1.54) is 7.11 Å². The minimum atomic E-state index is -0.734. The summed E-state index contributed by atoms with van der Waals surface area (Å²) >= 11 is 0. The molecule has 1 fully saturated rings. The second kappa shape index (κ2) is 4.14. The van der Waals surface area contributed by atoms with Crippen molar-refractivity contribution in [2.75, 3.05) is 14.2 Å². The normalized spacial score (nSPS) is 22.1. The molecule has 0 radical (unpaired) electrons. The van der Waals surface area contributed by atoms with Crippen molar-refractivity contribution in [3.63, 3.8) is 0 Å². The average Bonchev–Trinajstić information content (AvgIpc) is 2.82. The molecule has 0 aromatic carbocycles. The van der Waals surface area contributed by atoms with E-state index in [1.807, 2.05) is 20.8 Å². The smallest absolute Gasteiger partial charge is 0.196 e. The molecule has 0 aromatic rings. The van der Waals surface area contributed by atoms with Crippen LogP contribution in [0, 0.1) is 0 Å². The molecule has 0 heterocycles. The Morgan fingerprint density at radius 3 is 2.14 bits per heavy atom. The van der Waals surface area contributed by atoms with Gasteiger partial charge < -0.3 is 9.47 Å². The Kier molecular flexibility index (Phi) is 3.53. The van der Waals surface area contributed by atoms with Crippen LogP contribution in [0.5, 0.6) is 0 Å². The highest BCUT2D eigenvalue weighted by molar-refractivity contribution is 5.00. The van der Waals surface area contributed by atoms with Crippen LogP contribution in [-0.2, 0) is 19.2 Å². The van der Waals surface area contributed by atoms with Crippen LogP contribution in [0.4, 0.5) is 0 Å². The lowest BCUT2D eigenvalue weighted by molar-refractivity contribution is -0.416. The van der Waals surface area contributed by atoms with E-state index in [1.54, 1.807) is 7.11 Å². The third-order valence-electron chi connectivity index (χ3n) is 2.63. The third-order valence-corrected chi connectivity index (χ3v) is 2.63. The van der Waals surface area contributed by atoms with Crippen LogP contribution in [0.25, 0.3) is 0 Å². The van der Waals surface area contributed by atoms with Crippen molar-refractivity contribution in [1.29, 1.82) is 0 Å². The molecule has 0 bridgehead atoms. The molecule has 1 rings (SSSR count). The van der Waals surface area contributed by atoms with Crippen molar-refractivity contribution in [2.24, 2.45) is 0 Å². The molecule has 0 spiro atoms. The fourth-order valence-corrected chi connectivity index (χ4v) is 1.65. The first-order chi connectivity index (χ1) is 6.46. The van der Waals surface area contributed by atoms with Crippen LogP contribution in [0.15, 0.2) is 0 Å². The molecule has 0 N–H and O–H groups in total. The zero-order valence-corrected chi connectivity index (χ0v) is 9.62. The molecule has 1 atom stereocenters. The van der Waals surface area contributed by atoms with Crippen LogP contribution in [0.1, 0.15) is 33.6 Å². The molecule has 0 saturated heterocycles. The summed E-state index contributed by atoms with van der Waals surface area (Å²) in [6, 6.07) is 0. The Morgan fingerprint density at radius 1 is 1.21 bits per heavy atom. The van der Waals surface area contributed by atoms with Gasteiger partial charge >= 0.3 is 0 Å². The van der Waals surface area contributed by atoms with Gasteiger partial charge in [0.25, 0.3) is 0 Å². The van der Waals surface area contributed by atoms with E-state index in [2.05, 4.69) is 4.89 Å². The molecule has 84 valence electrons. The lowest BCUT2D eigenvalue weighted by Gasteiger charge is -2.31. The second-order valence-corrected chi connectivity index (χ2v) is 4.18. The van der Waals surface area contributed by atoms with Crippen LogP contribution >= 0.6 is 0 Å². The Labute approximate surface area is 85.4 Å². The van der Waals surface area contributed by atoms with Crippen molar-refractivity contribution in [1.82, 2.24) is 0 Å².